The molecule has 1 aromatic carbocycles. The maximum absolute atomic E-state index is 12.0. The number of amides is 2. The van der Waals surface area contributed by atoms with E-state index in [0.717, 1.165) is 31.5 Å². The number of nitrogens with one attached hydrogen (secondary N) is 1. The van der Waals surface area contributed by atoms with Crippen molar-refractivity contribution < 1.29 is 9.90 Å². The molecule has 19 heavy (non-hydrogen) atoms. The lowest BCUT2D eigenvalue weighted by molar-refractivity contribution is 0.137. The summed E-state index contributed by atoms with van der Waals surface area (Å²) in [5, 5.41) is 12.7. The van der Waals surface area contributed by atoms with Crippen LogP contribution >= 0.6 is 11.6 Å². The molecule has 0 aromatic heterocycles. The van der Waals surface area contributed by atoms with Gasteiger partial charge < -0.3 is 15.3 Å². The van der Waals surface area contributed by atoms with Crippen LogP contribution < -0.4 is 5.32 Å². The number of aliphatic hydroxyl groups excluding tert-OH is 1. The van der Waals surface area contributed by atoms with Crippen molar-refractivity contribution in [2.24, 2.45) is 5.92 Å². The molecular weight excluding hydrogens is 264 g/mol. The number of nitrogens with zero attached hydrogens (tertiary/aromatic N) is 1. The number of likely N-dealkylation sites (tertiary alicyclic amines) is 1. The van der Waals surface area contributed by atoms with Crippen molar-refractivity contribution in [3.8, 4) is 0 Å². The number of carbonyl (C=O) groups excluding carboxylic acids is 1. The smallest absolute Gasteiger partial charge is 0.317 e. The van der Waals surface area contributed by atoms with E-state index in [4.69, 9.17) is 16.7 Å². The minimum Gasteiger partial charge on any atom is -0.396 e. The van der Waals surface area contributed by atoms with Crippen molar-refractivity contribution in [1.82, 2.24) is 10.2 Å². The summed E-state index contributed by atoms with van der Waals surface area (Å²) in [5.74, 6) is 0.348. The summed E-state index contributed by atoms with van der Waals surface area (Å²) in [6.07, 6.45) is 1.76. The first kappa shape index (κ1) is 14.2. The molecule has 1 aliphatic heterocycles. The van der Waals surface area contributed by atoms with E-state index in [1.54, 1.807) is 0 Å². The highest BCUT2D eigenvalue weighted by Crippen LogP contribution is 2.16. The lowest BCUT2D eigenvalue weighted by Gasteiger charge is -2.31. The fourth-order valence-electron chi connectivity index (χ4n) is 2.21. The summed E-state index contributed by atoms with van der Waals surface area (Å²) >= 11 is 5.81. The SMILES string of the molecule is O=C(NCc1ccc(Cl)cc1)N1CCC(CO)CC1. The monoisotopic (exact) mass is 282 g/mol. The summed E-state index contributed by atoms with van der Waals surface area (Å²) < 4.78 is 0. The average Bonchev–Trinajstić information content (AvgIpc) is 2.46. The van der Waals surface area contributed by atoms with Crippen molar-refractivity contribution in [3.05, 3.63) is 34.9 Å². The van der Waals surface area contributed by atoms with Gasteiger partial charge in [0.05, 0.1) is 0 Å². The Labute approximate surface area is 118 Å². The van der Waals surface area contributed by atoms with E-state index in [9.17, 15) is 4.79 Å². The van der Waals surface area contributed by atoms with Gasteiger partial charge in [0.2, 0.25) is 0 Å². The molecule has 0 atom stereocenters. The highest BCUT2D eigenvalue weighted by Gasteiger charge is 2.21. The van der Waals surface area contributed by atoms with E-state index in [1.165, 1.54) is 0 Å². The number of aliphatic hydroxyl groups is 1. The highest BCUT2D eigenvalue weighted by atomic mass is 35.5. The molecule has 1 fully saturated rings. The van der Waals surface area contributed by atoms with Crippen molar-refractivity contribution in [1.29, 1.82) is 0 Å². The zero-order valence-corrected chi connectivity index (χ0v) is 11.6. The van der Waals surface area contributed by atoms with Crippen LogP contribution in [0, 0.1) is 5.92 Å². The van der Waals surface area contributed by atoms with Gasteiger partial charge in [-0.2, -0.15) is 0 Å². The molecule has 1 heterocycles. The second-order valence-corrected chi connectivity index (χ2v) is 5.33. The molecule has 0 spiro atoms. The first-order valence-corrected chi connectivity index (χ1v) is 6.95. The van der Waals surface area contributed by atoms with Crippen LogP contribution in [0.1, 0.15) is 18.4 Å². The van der Waals surface area contributed by atoms with Crippen LogP contribution in [0.3, 0.4) is 0 Å². The van der Waals surface area contributed by atoms with Gasteiger partial charge in [0.1, 0.15) is 0 Å². The summed E-state index contributed by atoms with van der Waals surface area (Å²) in [7, 11) is 0. The molecule has 104 valence electrons. The van der Waals surface area contributed by atoms with Gasteiger partial charge in [-0.15, -0.1) is 0 Å². The Kier molecular flexibility index (Phi) is 5.05. The Bertz CT molecular complexity index is 414. The van der Waals surface area contributed by atoms with Crippen LogP contribution in [0.25, 0.3) is 0 Å². The summed E-state index contributed by atoms with van der Waals surface area (Å²) in [6.45, 7) is 2.17. The normalized spacial score (nSPS) is 16.4. The van der Waals surface area contributed by atoms with Gasteiger partial charge in [0, 0.05) is 31.3 Å². The van der Waals surface area contributed by atoms with Crippen LogP contribution in [0.5, 0.6) is 0 Å². The van der Waals surface area contributed by atoms with Crippen molar-refractivity contribution in [2.45, 2.75) is 19.4 Å². The molecule has 4 nitrogen and oxygen atoms in total. The summed E-state index contributed by atoms with van der Waals surface area (Å²) in [4.78, 5) is 13.8. The number of halogens is 1. The molecule has 0 radical (unpaired) electrons. The molecule has 0 saturated carbocycles. The molecule has 2 rings (SSSR count). The third kappa shape index (κ3) is 4.11. The average molecular weight is 283 g/mol. The number of hydrogen-bond acceptors (Lipinski definition) is 2. The van der Waals surface area contributed by atoms with Crippen LogP contribution in [-0.2, 0) is 6.54 Å². The van der Waals surface area contributed by atoms with E-state index < -0.39 is 0 Å². The number of carbonyl (C=O) groups is 1. The van der Waals surface area contributed by atoms with Crippen LogP contribution in [-0.4, -0.2) is 35.7 Å². The van der Waals surface area contributed by atoms with Gasteiger partial charge in [-0.05, 0) is 36.5 Å². The lowest BCUT2D eigenvalue weighted by Crippen LogP contribution is -2.44. The number of urea groups is 1. The molecule has 1 aromatic rings. The van der Waals surface area contributed by atoms with E-state index in [-0.39, 0.29) is 12.6 Å². The van der Waals surface area contributed by atoms with Crippen molar-refractivity contribution in [3.63, 3.8) is 0 Å². The molecule has 2 amide bonds. The number of rotatable bonds is 3. The zero-order chi connectivity index (χ0) is 13.7. The summed E-state index contributed by atoms with van der Waals surface area (Å²) in [5.41, 5.74) is 1.03. The van der Waals surface area contributed by atoms with Crippen molar-refractivity contribution >= 4 is 17.6 Å². The summed E-state index contributed by atoms with van der Waals surface area (Å²) in [6, 6.07) is 7.40. The minimum atomic E-state index is -0.0358. The van der Waals surface area contributed by atoms with E-state index >= 15 is 0 Å². The minimum absolute atomic E-state index is 0.0358. The Morgan fingerprint density at radius 3 is 2.53 bits per heavy atom. The number of hydrogen-bond donors (Lipinski definition) is 2. The predicted molar refractivity (Wildman–Crippen MR) is 75.1 cm³/mol. The number of piperidine rings is 1. The first-order chi connectivity index (χ1) is 9.19. The fraction of sp³-hybridized carbons (Fsp3) is 0.500. The van der Waals surface area contributed by atoms with Gasteiger partial charge >= 0.3 is 6.03 Å². The second-order valence-electron chi connectivity index (χ2n) is 4.90. The largest absolute Gasteiger partial charge is 0.396 e. The topological polar surface area (TPSA) is 52.6 Å². The quantitative estimate of drug-likeness (QED) is 0.893. The van der Waals surface area contributed by atoms with E-state index in [1.807, 2.05) is 29.2 Å². The third-order valence-electron chi connectivity index (χ3n) is 3.52. The van der Waals surface area contributed by atoms with Crippen LogP contribution in [0.2, 0.25) is 5.02 Å². The molecule has 2 N–H and O–H groups in total. The molecular formula is C14H19ClN2O2. The Morgan fingerprint density at radius 1 is 1.32 bits per heavy atom. The van der Waals surface area contributed by atoms with Gasteiger partial charge in [0.15, 0.2) is 0 Å². The van der Waals surface area contributed by atoms with Gasteiger partial charge in [-0.3, -0.25) is 0 Å². The molecule has 5 heteroatoms. The Balaban J connectivity index is 1.77. The number of benzene rings is 1. The predicted octanol–water partition coefficient (Wildman–Crippen LogP) is 2.25. The van der Waals surface area contributed by atoms with Gasteiger partial charge in [-0.1, -0.05) is 23.7 Å². The van der Waals surface area contributed by atoms with Crippen LogP contribution in [0.15, 0.2) is 24.3 Å². The van der Waals surface area contributed by atoms with Crippen molar-refractivity contribution in [2.75, 3.05) is 19.7 Å². The molecule has 0 aliphatic carbocycles. The molecule has 1 saturated heterocycles. The standard InChI is InChI=1S/C14H19ClN2O2/c15-13-3-1-11(2-4-13)9-16-14(19)17-7-5-12(10-18)6-8-17/h1-4,12,18H,5-10H2,(H,16,19). The molecule has 1 aliphatic rings. The third-order valence-corrected chi connectivity index (χ3v) is 3.77. The maximum atomic E-state index is 12.0. The molecule has 0 bridgehead atoms. The van der Waals surface area contributed by atoms with E-state index in [0.29, 0.717) is 17.5 Å². The van der Waals surface area contributed by atoms with Gasteiger partial charge in [-0.25, -0.2) is 4.79 Å². The van der Waals surface area contributed by atoms with Crippen LogP contribution in [0.4, 0.5) is 4.79 Å². The molecule has 0 unspecified atom stereocenters. The Morgan fingerprint density at radius 2 is 1.95 bits per heavy atom. The Hall–Kier alpha value is -1.26. The first-order valence-electron chi connectivity index (χ1n) is 6.57. The maximum Gasteiger partial charge on any atom is 0.317 e. The lowest BCUT2D eigenvalue weighted by atomic mass is 9.98. The fourth-order valence-corrected chi connectivity index (χ4v) is 2.34. The van der Waals surface area contributed by atoms with Gasteiger partial charge in [0.25, 0.3) is 0 Å². The second kappa shape index (κ2) is 6.78. The highest BCUT2D eigenvalue weighted by molar-refractivity contribution is 6.30. The zero-order valence-electron chi connectivity index (χ0n) is 10.8. The van der Waals surface area contributed by atoms with E-state index in [2.05, 4.69) is 5.32 Å².